The molecule has 0 spiro atoms. The van der Waals surface area contributed by atoms with Gasteiger partial charge in [0.1, 0.15) is 5.75 Å². The van der Waals surface area contributed by atoms with Crippen LogP contribution in [0.5, 0.6) is 5.75 Å². The van der Waals surface area contributed by atoms with Crippen LogP contribution >= 0.6 is 0 Å². The zero-order valence-corrected chi connectivity index (χ0v) is 11.9. The van der Waals surface area contributed by atoms with E-state index in [1.54, 1.807) is 19.2 Å². The van der Waals surface area contributed by atoms with E-state index in [0.29, 0.717) is 18.0 Å². The molecule has 0 heterocycles. The molecule has 110 valence electrons. The van der Waals surface area contributed by atoms with Gasteiger partial charge in [-0.1, -0.05) is 25.5 Å². The van der Waals surface area contributed by atoms with Crippen LogP contribution in [0.2, 0.25) is 0 Å². The van der Waals surface area contributed by atoms with Gasteiger partial charge in [0.15, 0.2) is 0 Å². The fourth-order valence-corrected chi connectivity index (χ4v) is 1.56. The molecule has 0 atom stereocenters. The highest BCUT2D eigenvalue weighted by molar-refractivity contribution is 5.96. The monoisotopic (exact) mass is 279 g/mol. The van der Waals surface area contributed by atoms with Crippen LogP contribution in [0.15, 0.2) is 24.3 Å². The average molecular weight is 279 g/mol. The molecule has 1 rings (SSSR count). The topological polar surface area (TPSA) is 79.5 Å². The second-order valence-electron chi connectivity index (χ2n) is 4.21. The Kier molecular flexibility index (Phi) is 6.95. The predicted octanol–water partition coefficient (Wildman–Crippen LogP) is 1.73. The van der Waals surface area contributed by atoms with E-state index in [4.69, 9.17) is 4.74 Å². The molecule has 6 nitrogen and oxygen atoms in total. The van der Waals surface area contributed by atoms with Gasteiger partial charge in [-0.3, -0.25) is 10.1 Å². The number of para-hydroxylation sites is 2. The number of carbonyl (C=O) groups excluding carboxylic acids is 2. The zero-order chi connectivity index (χ0) is 14.8. The third-order valence-corrected chi connectivity index (χ3v) is 2.62. The number of imide groups is 1. The lowest BCUT2D eigenvalue weighted by Crippen LogP contribution is -2.42. The van der Waals surface area contributed by atoms with Crippen molar-refractivity contribution < 1.29 is 14.3 Å². The van der Waals surface area contributed by atoms with Crippen molar-refractivity contribution in [2.75, 3.05) is 25.5 Å². The van der Waals surface area contributed by atoms with Crippen LogP contribution in [0.4, 0.5) is 10.5 Å². The van der Waals surface area contributed by atoms with E-state index in [2.05, 4.69) is 16.0 Å². The first-order valence-corrected chi connectivity index (χ1v) is 6.62. The summed E-state index contributed by atoms with van der Waals surface area (Å²) in [5.74, 6) is 0.248. The summed E-state index contributed by atoms with van der Waals surface area (Å²) in [5.41, 5.74) is 0.705. The van der Waals surface area contributed by atoms with E-state index in [0.717, 1.165) is 12.8 Å². The summed E-state index contributed by atoms with van der Waals surface area (Å²) in [4.78, 5) is 23.0. The normalized spacial score (nSPS) is 9.70. The number of hydrogen-bond acceptors (Lipinski definition) is 4. The van der Waals surface area contributed by atoms with Gasteiger partial charge in [0.25, 0.3) is 0 Å². The number of nitrogens with one attached hydrogen (secondary N) is 3. The summed E-state index contributed by atoms with van der Waals surface area (Å²) >= 11 is 0. The lowest BCUT2D eigenvalue weighted by atomic mass is 10.3. The SMILES string of the molecule is CCCCNC(=O)NC(=O)CNc1ccccc1OC. The Labute approximate surface area is 118 Å². The van der Waals surface area contributed by atoms with Crippen LogP contribution in [0.1, 0.15) is 19.8 Å². The van der Waals surface area contributed by atoms with Crippen LogP contribution in [0, 0.1) is 0 Å². The second kappa shape index (κ2) is 8.79. The van der Waals surface area contributed by atoms with Gasteiger partial charge in [-0.2, -0.15) is 0 Å². The molecular formula is C14H21N3O3. The third-order valence-electron chi connectivity index (χ3n) is 2.62. The maximum absolute atomic E-state index is 11.6. The lowest BCUT2D eigenvalue weighted by Gasteiger charge is -2.11. The minimum absolute atomic E-state index is 0.00156. The number of rotatable bonds is 7. The van der Waals surface area contributed by atoms with Crippen LogP contribution < -0.4 is 20.7 Å². The van der Waals surface area contributed by atoms with E-state index in [-0.39, 0.29) is 6.54 Å². The molecular weight excluding hydrogens is 258 g/mol. The molecule has 0 aromatic heterocycles. The van der Waals surface area contributed by atoms with Crippen molar-refractivity contribution >= 4 is 17.6 Å². The standard InChI is InChI=1S/C14H21N3O3/c1-3-4-9-15-14(19)17-13(18)10-16-11-7-5-6-8-12(11)20-2/h5-8,16H,3-4,9-10H2,1-2H3,(H2,15,17,18,19). The molecule has 0 radical (unpaired) electrons. The van der Waals surface area contributed by atoms with E-state index in [9.17, 15) is 9.59 Å². The minimum atomic E-state index is -0.467. The summed E-state index contributed by atoms with van der Waals surface area (Å²) < 4.78 is 5.15. The number of urea groups is 1. The van der Waals surface area contributed by atoms with Gasteiger partial charge in [0.2, 0.25) is 5.91 Å². The van der Waals surface area contributed by atoms with Crippen molar-refractivity contribution in [3.8, 4) is 5.75 Å². The van der Waals surface area contributed by atoms with Gasteiger partial charge in [-0.15, -0.1) is 0 Å². The summed E-state index contributed by atoms with van der Waals surface area (Å²) in [6, 6.07) is 6.79. The Morgan fingerprint density at radius 2 is 2.00 bits per heavy atom. The van der Waals surface area contributed by atoms with Gasteiger partial charge < -0.3 is 15.4 Å². The fourth-order valence-electron chi connectivity index (χ4n) is 1.56. The van der Waals surface area contributed by atoms with Crippen molar-refractivity contribution in [3.05, 3.63) is 24.3 Å². The third kappa shape index (κ3) is 5.60. The molecule has 3 N–H and O–H groups in total. The Bertz CT molecular complexity index is 449. The molecule has 1 aromatic carbocycles. The first-order valence-electron chi connectivity index (χ1n) is 6.62. The second-order valence-corrected chi connectivity index (χ2v) is 4.21. The number of benzene rings is 1. The van der Waals surface area contributed by atoms with Crippen molar-refractivity contribution in [1.82, 2.24) is 10.6 Å². The molecule has 6 heteroatoms. The Morgan fingerprint density at radius 1 is 1.25 bits per heavy atom. The Balaban J connectivity index is 2.34. The lowest BCUT2D eigenvalue weighted by molar-refractivity contribution is -0.118. The number of carbonyl (C=O) groups is 2. The highest BCUT2D eigenvalue weighted by Crippen LogP contribution is 2.22. The highest BCUT2D eigenvalue weighted by Gasteiger charge is 2.08. The predicted molar refractivity (Wildman–Crippen MR) is 77.9 cm³/mol. The van der Waals surface area contributed by atoms with Crippen LogP contribution in [0.25, 0.3) is 0 Å². The molecule has 20 heavy (non-hydrogen) atoms. The highest BCUT2D eigenvalue weighted by atomic mass is 16.5. The number of ether oxygens (including phenoxy) is 1. The van der Waals surface area contributed by atoms with Crippen LogP contribution in [0.3, 0.4) is 0 Å². The van der Waals surface area contributed by atoms with Crippen molar-refractivity contribution in [2.45, 2.75) is 19.8 Å². The molecule has 1 aromatic rings. The first-order chi connectivity index (χ1) is 9.67. The van der Waals surface area contributed by atoms with E-state index in [1.807, 2.05) is 19.1 Å². The first kappa shape index (κ1) is 15.8. The largest absolute Gasteiger partial charge is 0.495 e. The van der Waals surface area contributed by atoms with Crippen molar-refractivity contribution in [1.29, 1.82) is 0 Å². The summed E-state index contributed by atoms with van der Waals surface area (Å²) in [7, 11) is 1.56. The van der Waals surface area contributed by atoms with E-state index in [1.165, 1.54) is 0 Å². The minimum Gasteiger partial charge on any atom is -0.495 e. The van der Waals surface area contributed by atoms with Crippen molar-refractivity contribution in [2.24, 2.45) is 0 Å². The Hall–Kier alpha value is -2.24. The molecule has 0 unspecified atom stereocenters. The molecule has 0 fully saturated rings. The molecule has 0 aliphatic heterocycles. The van der Waals surface area contributed by atoms with E-state index < -0.39 is 11.9 Å². The molecule has 0 aliphatic carbocycles. The van der Waals surface area contributed by atoms with Crippen LogP contribution in [-0.2, 0) is 4.79 Å². The fraction of sp³-hybridized carbons (Fsp3) is 0.429. The average Bonchev–Trinajstić information content (AvgIpc) is 2.45. The maximum atomic E-state index is 11.6. The summed E-state index contributed by atoms with van der Waals surface area (Å²) in [5, 5.41) is 7.79. The quantitative estimate of drug-likeness (QED) is 0.664. The Morgan fingerprint density at radius 3 is 2.70 bits per heavy atom. The van der Waals surface area contributed by atoms with Crippen LogP contribution in [-0.4, -0.2) is 32.1 Å². The number of methoxy groups -OCH3 is 1. The van der Waals surface area contributed by atoms with Gasteiger partial charge in [-0.05, 0) is 18.6 Å². The zero-order valence-electron chi connectivity index (χ0n) is 11.9. The van der Waals surface area contributed by atoms with Gasteiger partial charge >= 0.3 is 6.03 Å². The van der Waals surface area contributed by atoms with Crippen molar-refractivity contribution in [3.63, 3.8) is 0 Å². The van der Waals surface area contributed by atoms with E-state index >= 15 is 0 Å². The van der Waals surface area contributed by atoms with Gasteiger partial charge in [0, 0.05) is 6.54 Å². The van der Waals surface area contributed by atoms with Gasteiger partial charge in [0.05, 0.1) is 19.3 Å². The smallest absolute Gasteiger partial charge is 0.321 e. The van der Waals surface area contributed by atoms with Gasteiger partial charge in [-0.25, -0.2) is 4.79 Å². The number of hydrogen-bond donors (Lipinski definition) is 3. The molecule has 0 saturated heterocycles. The maximum Gasteiger partial charge on any atom is 0.321 e. The summed E-state index contributed by atoms with van der Waals surface area (Å²) in [6.07, 6.45) is 1.88. The number of amides is 3. The number of unbranched alkanes of at least 4 members (excludes halogenated alkanes) is 1. The molecule has 0 bridgehead atoms. The molecule has 3 amide bonds. The summed E-state index contributed by atoms with van der Waals surface area (Å²) in [6.45, 7) is 2.60. The number of anilines is 1. The molecule has 0 saturated carbocycles. The molecule has 0 aliphatic rings.